The molecule has 1 N–H and O–H groups in total. The highest BCUT2D eigenvalue weighted by atomic mass is 19.1. The molecule has 12 heteroatoms. The maximum absolute atomic E-state index is 14.8. The van der Waals surface area contributed by atoms with Crippen LogP contribution in [0.2, 0.25) is 0 Å². The number of methoxy groups -OCH3 is 1. The van der Waals surface area contributed by atoms with E-state index >= 15 is 0 Å². The van der Waals surface area contributed by atoms with Gasteiger partial charge in [0.2, 0.25) is 5.91 Å². The number of nitrogens with one attached hydrogen (secondary N) is 1. The van der Waals surface area contributed by atoms with Crippen molar-refractivity contribution >= 4 is 29.5 Å². The molecule has 1 aromatic carbocycles. The van der Waals surface area contributed by atoms with Crippen LogP contribution in [0.25, 0.3) is 0 Å². The number of amides is 3. The molecule has 0 bridgehead atoms. The van der Waals surface area contributed by atoms with Crippen LogP contribution in [0.4, 0.5) is 29.7 Å². The Balaban J connectivity index is 0.00000341. The van der Waals surface area contributed by atoms with Gasteiger partial charge in [-0.3, -0.25) is 14.5 Å². The van der Waals surface area contributed by atoms with Gasteiger partial charge >= 0.3 is 12.2 Å². The summed E-state index contributed by atoms with van der Waals surface area (Å²) in [5.41, 5.74) is -0.275. The Labute approximate surface area is 178 Å². The van der Waals surface area contributed by atoms with Crippen molar-refractivity contribution < 1.29 is 37.5 Å². The summed E-state index contributed by atoms with van der Waals surface area (Å²) >= 11 is 0. The van der Waals surface area contributed by atoms with E-state index in [1.165, 1.54) is 18.9 Å². The van der Waals surface area contributed by atoms with E-state index in [4.69, 9.17) is 9.57 Å². The summed E-state index contributed by atoms with van der Waals surface area (Å²) in [6.45, 7) is 1.82. The predicted octanol–water partition coefficient (Wildman–Crippen LogP) is 1.88. The molecule has 2 saturated heterocycles. The fourth-order valence-corrected chi connectivity index (χ4v) is 3.22. The van der Waals surface area contributed by atoms with Crippen LogP contribution in [0.3, 0.4) is 0 Å². The van der Waals surface area contributed by atoms with E-state index in [1.54, 1.807) is 0 Å². The minimum Gasteiger partial charge on any atom is -0.451 e. The molecule has 31 heavy (non-hydrogen) atoms. The largest absolute Gasteiger partial charge is 0.451 e. The average Bonchev–Trinajstić information content (AvgIpc) is 2.90. The van der Waals surface area contributed by atoms with Crippen molar-refractivity contribution in [2.45, 2.75) is 20.5 Å². The van der Waals surface area contributed by atoms with E-state index < -0.39 is 29.9 Å². The van der Waals surface area contributed by atoms with Crippen LogP contribution in [-0.2, 0) is 19.1 Å². The molecular weight excluding hydrogens is 418 g/mol. The highest BCUT2D eigenvalue weighted by molar-refractivity contribution is 5.90. The van der Waals surface area contributed by atoms with Crippen LogP contribution >= 0.6 is 0 Å². The molecule has 2 aliphatic rings. The van der Waals surface area contributed by atoms with Crippen molar-refractivity contribution in [3.05, 3.63) is 23.8 Å². The smallest absolute Gasteiger partial charge is 0.433 e. The first-order valence-corrected chi connectivity index (χ1v) is 9.25. The zero-order chi connectivity index (χ0) is 21.8. The maximum Gasteiger partial charge on any atom is 0.433 e. The number of ether oxygens (including phenoxy) is 2. The molecule has 1 aromatic rings. The summed E-state index contributed by atoms with van der Waals surface area (Å²) in [7, 11) is 1.20. The van der Waals surface area contributed by atoms with Crippen LogP contribution in [0.15, 0.2) is 12.1 Å². The quantitative estimate of drug-likeness (QED) is 0.757. The normalized spacial score (nSPS) is 18.8. The van der Waals surface area contributed by atoms with Gasteiger partial charge in [-0.1, -0.05) is 7.43 Å². The number of hydroxylamine groups is 2. The van der Waals surface area contributed by atoms with Crippen molar-refractivity contribution in [1.29, 1.82) is 0 Å². The lowest BCUT2D eigenvalue weighted by Gasteiger charge is -2.24. The fraction of sp³-hybridized carbons (Fsp3) is 0.526. The molecule has 0 aliphatic carbocycles. The lowest BCUT2D eigenvalue weighted by molar-refractivity contribution is -0.122. The van der Waals surface area contributed by atoms with E-state index in [1.807, 2.05) is 0 Å². The Morgan fingerprint density at radius 3 is 2.52 bits per heavy atom. The minimum absolute atomic E-state index is 0. The van der Waals surface area contributed by atoms with Crippen LogP contribution < -0.4 is 15.1 Å². The van der Waals surface area contributed by atoms with Crippen LogP contribution in [-0.4, -0.2) is 75.7 Å². The van der Waals surface area contributed by atoms with E-state index in [-0.39, 0.29) is 64.0 Å². The first kappa shape index (κ1) is 24.1. The molecule has 0 spiro atoms. The van der Waals surface area contributed by atoms with Gasteiger partial charge in [-0.05, 0) is 0 Å². The van der Waals surface area contributed by atoms with E-state index in [0.29, 0.717) is 0 Å². The minimum atomic E-state index is -0.866. The second-order valence-corrected chi connectivity index (χ2v) is 6.70. The van der Waals surface area contributed by atoms with Gasteiger partial charge in [-0.2, -0.15) is 5.06 Å². The van der Waals surface area contributed by atoms with Crippen molar-refractivity contribution in [1.82, 2.24) is 10.4 Å². The van der Waals surface area contributed by atoms with Gasteiger partial charge in [0, 0.05) is 32.1 Å². The molecule has 0 saturated carbocycles. The van der Waals surface area contributed by atoms with Gasteiger partial charge in [-0.25, -0.2) is 18.4 Å². The van der Waals surface area contributed by atoms with Crippen LogP contribution in [0.5, 0.6) is 0 Å². The monoisotopic (exact) mass is 444 g/mol. The number of carbonyl (C=O) groups is 3. The lowest BCUT2D eigenvalue weighted by atomic mass is 10.2. The molecule has 10 nitrogen and oxygen atoms in total. The molecule has 172 valence electrons. The highest BCUT2D eigenvalue weighted by Gasteiger charge is 2.34. The summed E-state index contributed by atoms with van der Waals surface area (Å²) in [6, 6.07) is 2.09. The molecule has 2 heterocycles. The average molecular weight is 444 g/mol. The molecule has 0 unspecified atom stereocenters. The Hall–Kier alpha value is -3.15. The van der Waals surface area contributed by atoms with Gasteiger partial charge in [0.1, 0.15) is 11.8 Å². The first-order valence-electron chi connectivity index (χ1n) is 9.25. The van der Waals surface area contributed by atoms with Crippen LogP contribution in [0.1, 0.15) is 14.4 Å². The Bertz CT molecular complexity index is 817. The zero-order valence-corrected chi connectivity index (χ0v) is 16.5. The third kappa shape index (κ3) is 5.51. The zero-order valence-electron chi connectivity index (χ0n) is 16.5. The van der Waals surface area contributed by atoms with Crippen LogP contribution in [0, 0.1) is 11.6 Å². The number of rotatable bonds is 4. The number of benzene rings is 1. The first-order chi connectivity index (χ1) is 14.3. The van der Waals surface area contributed by atoms with E-state index in [2.05, 4.69) is 10.1 Å². The predicted molar refractivity (Wildman–Crippen MR) is 107 cm³/mol. The van der Waals surface area contributed by atoms with Crippen molar-refractivity contribution in [2.75, 3.05) is 56.2 Å². The number of halogens is 2. The molecule has 2 fully saturated rings. The summed E-state index contributed by atoms with van der Waals surface area (Å²) in [6.07, 6.45) is -2.08. The fourth-order valence-electron chi connectivity index (χ4n) is 3.22. The molecule has 0 aromatic heterocycles. The number of nitrogens with zero attached hydrogens (tertiary/aromatic N) is 3. The number of hydrogen-bond donors (Lipinski definition) is 1. The van der Waals surface area contributed by atoms with Crippen molar-refractivity contribution in [3.8, 4) is 0 Å². The second kappa shape index (κ2) is 10.2. The summed E-state index contributed by atoms with van der Waals surface area (Å²) in [5, 5.41) is 3.52. The number of carbonyl (C=O) groups excluding carboxylic acids is 3. The molecule has 1 atom stereocenters. The summed E-state index contributed by atoms with van der Waals surface area (Å²) in [4.78, 5) is 42.4. The summed E-state index contributed by atoms with van der Waals surface area (Å²) < 4.78 is 39.3. The topological polar surface area (TPSA) is 101 Å². The molecule has 2 aliphatic heterocycles. The Morgan fingerprint density at radius 2 is 1.90 bits per heavy atom. The third-order valence-corrected chi connectivity index (χ3v) is 4.64. The van der Waals surface area contributed by atoms with Gasteiger partial charge in [-0.15, -0.1) is 0 Å². The van der Waals surface area contributed by atoms with Crippen molar-refractivity contribution in [3.63, 3.8) is 0 Å². The SMILES string of the molecule is C.COC(=O)N1CCN(c2c(F)cc(N3C[C@H](CNC(C)=O)OC3=O)cc2F)CCO1. The Morgan fingerprint density at radius 1 is 1.23 bits per heavy atom. The Kier molecular flexibility index (Phi) is 7.97. The molecule has 3 amide bonds. The number of anilines is 2. The number of hydrogen-bond acceptors (Lipinski definition) is 7. The van der Waals surface area contributed by atoms with Gasteiger partial charge in [0.05, 0.1) is 39.0 Å². The van der Waals surface area contributed by atoms with Gasteiger partial charge in [0.15, 0.2) is 11.6 Å². The number of cyclic esters (lactones) is 1. The maximum atomic E-state index is 14.8. The molecule has 3 rings (SSSR count). The highest BCUT2D eigenvalue weighted by Crippen LogP contribution is 2.31. The lowest BCUT2D eigenvalue weighted by Crippen LogP contribution is -2.35. The van der Waals surface area contributed by atoms with Gasteiger partial charge in [0.25, 0.3) is 0 Å². The standard InChI is InChI=1S/C18H22F2N4O6.CH4/c1-11(25)21-9-13-10-23(17(26)30-13)12-7-14(19)16(15(20)8-12)22-3-4-24(18(27)28-2)29-6-5-22;/h7-8,13H,3-6,9-10H2,1-2H3,(H,21,25);1H4/t13-;/m0./s1. The van der Waals surface area contributed by atoms with Gasteiger partial charge < -0.3 is 19.7 Å². The summed E-state index contributed by atoms with van der Waals surface area (Å²) in [5.74, 6) is -2.01. The molecule has 0 radical (unpaired) electrons. The van der Waals surface area contributed by atoms with Crippen molar-refractivity contribution in [2.24, 2.45) is 0 Å². The second-order valence-electron chi connectivity index (χ2n) is 6.70. The third-order valence-electron chi connectivity index (χ3n) is 4.64. The van der Waals surface area contributed by atoms with E-state index in [9.17, 15) is 23.2 Å². The molecular formula is C19H26F2N4O6. The van der Waals surface area contributed by atoms with E-state index in [0.717, 1.165) is 22.1 Å².